The molecule has 2 aliphatic rings. The number of aromatic nitrogens is 4. The number of alkyl halides is 3. The van der Waals surface area contributed by atoms with Crippen LogP contribution in [-0.4, -0.2) is 57.2 Å². The third-order valence-electron chi connectivity index (χ3n) is 6.78. The van der Waals surface area contributed by atoms with Crippen molar-refractivity contribution in [1.29, 1.82) is 0 Å². The molecular weight excluding hydrogens is 435 g/mol. The summed E-state index contributed by atoms with van der Waals surface area (Å²) >= 11 is 0. The second-order valence-corrected chi connectivity index (χ2v) is 8.87. The van der Waals surface area contributed by atoms with Crippen LogP contribution in [0.2, 0.25) is 0 Å². The van der Waals surface area contributed by atoms with Crippen LogP contribution in [0.4, 0.5) is 13.2 Å². The lowest BCUT2D eigenvalue weighted by atomic mass is 9.91. The number of benzene rings is 1. The van der Waals surface area contributed by atoms with Crippen LogP contribution >= 0.6 is 0 Å². The molecule has 1 amide bonds. The lowest BCUT2D eigenvalue weighted by Crippen LogP contribution is -2.30. The highest BCUT2D eigenvalue weighted by molar-refractivity contribution is 5.91. The number of hydrogen-bond donors (Lipinski definition) is 0. The molecule has 0 N–H and O–H groups in total. The molecule has 5 rings (SSSR count). The summed E-state index contributed by atoms with van der Waals surface area (Å²) in [6.45, 7) is 1.57. The number of ether oxygens (including phenoxy) is 1. The molecule has 1 aliphatic heterocycles. The maximum atomic E-state index is 13.4. The molecule has 174 valence electrons. The predicted octanol–water partition coefficient (Wildman–Crippen LogP) is 3.60. The van der Waals surface area contributed by atoms with Crippen LogP contribution in [0, 0.1) is 11.8 Å². The highest BCUT2D eigenvalue weighted by atomic mass is 19.4. The van der Waals surface area contributed by atoms with Gasteiger partial charge < -0.3 is 9.64 Å². The van der Waals surface area contributed by atoms with Crippen LogP contribution in [0.15, 0.2) is 36.7 Å². The second-order valence-electron chi connectivity index (χ2n) is 8.87. The van der Waals surface area contributed by atoms with Crippen molar-refractivity contribution in [1.82, 2.24) is 24.5 Å². The van der Waals surface area contributed by atoms with Crippen LogP contribution in [0.1, 0.15) is 46.1 Å². The van der Waals surface area contributed by atoms with Gasteiger partial charge in [0, 0.05) is 32.6 Å². The molecule has 2 fully saturated rings. The van der Waals surface area contributed by atoms with Gasteiger partial charge in [-0.25, -0.2) is 9.50 Å². The van der Waals surface area contributed by atoms with Gasteiger partial charge in [-0.1, -0.05) is 18.2 Å². The minimum Gasteiger partial charge on any atom is -0.384 e. The molecule has 7 nitrogen and oxygen atoms in total. The number of rotatable bonds is 5. The fourth-order valence-corrected chi connectivity index (χ4v) is 5.23. The number of fused-ring (bicyclic) bond motifs is 2. The van der Waals surface area contributed by atoms with Crippen molar-refractivity contribution in [3.05, 3.63) is 59.2 Å². The predicted molar refractivity (Wildman–Crippen MR) is 113 cm³/mol. The molecule has 3 heterocycles. The molecule has 2 aromatic heterocycles. The summed E-state index contributed by atoms with van der Waals surface area (Å²) < 4.78 is 46.9. The maximum Gasteiger partial charge on any atom is 0.416 e. The lowest BCUT2D eigenvalue weighted by Gasteiger charge is -2.21. The lowest BCUT2D eigenvalue weighted by molar-refractivity contribution is -0.138. The van der Waals surface area contributed by atoms with Crippen molar-refractivity contribution in [2.24, 2.45) is 11.8 Å². The third kappa shape index (κ3) is 4.19. The van der Waals surface area contributed by atoms with Gasteiger partial charge in [0.2, 0.25) is 5.82 Å². The fraction of sp³-hybridized carbons (Fsp3) is 0.478. The summed E-state index contributed by atoms with van der Waals surface area (Å²) in [4.78, 5) is 23.3. The van der Waals surface area contributed by atoms with E-state index < -0.39 is 11.7 Å². The van der Waals surface area contributed by atoms with Crippen molar-refractivity contribution < 1.29 is 22.7 Å². The van der Waals surface area contributed by atoms with Crippen molar-refractivity contribution in [3.63, 3.8) is 0 Å². The normalized spacial score (nSPS) is 22.8. The first-order valence-corrected chi connectivity index (χ1v) is 11.0. The Labute approximate surface area is 188 Å². The van der Waals surface area contributed by atoms with Crippen molar-refractivity contribution >= 4 is 11.7 Å². The largest absolute Gasteiger partial charge is 0.416 e. The molecule has 3 aromatic rings. The van der Waals surface area contributed by atoms with Gasteiger partial charge in [0.25, 0.3) is 11.7 Å². The monoisotopic (exact) mass is 459 g/mol. The summed E-state index contributed by atoms with van der Waals surface area (Å²) in [6.07, 6.45) is 1.08. The van der Waals surface area contributed by atoms with E-state index in [9.17, 15) is 18.0 Å². The Morgan fingerprint density at radius 1 is 1.18 bits per heavy atom. The SMILES string of the molecule is COCCc1cnc2nc(C(=O)N3C[C@H]4C[C@@H](c5ccccc5C(F)(F)F)C[C@H]4C3)nn2c1. The Kier molecular flexibility index (Phi) is 5.55. The van der Waals surface area contributed by atoms with Gasteiger partial charge >= 0.3 is 6.18 Å². The molecule has 0 spiro atoms. The Morgan fingerprint density at radius 2 is 1.91 bits per heavy atom. The molecule has 3 atom stereocenters. The molecule has 1 aliphatic carbocycles. The van der Waals surface area contributed by atoms with Gasteiger partial charge in [-0.05, 0) is 54.2 Å². The zero-order valence-electron chi connectivity index (χ0n) is 18.1. The van der Waals surface area contributed by atoms with E-state index in [0.29, 0.717) is 50.3 Å². The molecule has 0 radical (unpaired) electrons. The van der Waals surface area contributed by atoms with E-state index in [1.54, 1.807) is 36.5 Å². The van der Waals surface area contributed by atoms with E-state index in [-0.39, 0.29) is 29.5 Å². The standard InChI is InChI=1S/C23H24F3N5O2/c1-33-7-6-14-10-27-22-28-20(29-31(22)11-14)21(32)30-12-16-8-15(9-17(16)13-30)18-4-2-3-5-19(18)23(24,25)26/h2-5,10-11,15-17H,6-9,12-13H2,1H3/t15-,16-,17+. The molecule has 1 saturated heterocycles. The summed E-state index contributed by atoms with van der Waals surface area (Å²) in [5, 5.41) is 4.31. The van der Waals surface area contributed by atoms with Gasteiger partial charge in [0.05, 0.1) is 12.2 Å². The smallest absolute Gasteiger partial charge is 0.384 e. The molecular formula is C23H24F3N5O2. The second kappa shape index (κ2) is 8.40. The summed E-state index contributed by atoms with van der Waals surface area (Å²) in [5.41, 5.74) is 0.748. The number of hydrogen-bond acceptors (Lipinski definition) is 5. The molecule has 1 saturated carbocycles. The van der Waals surface area contributed by atoms with E-state index in [1.165, 1.54) is 10.6 Å². The first-order valence-electron chi connectivity index (χ1n) is 11.0. The van der Waals surface area contributed by atoms with Crippen LogP contribution in [0.5, 0.6) is 0 Å². The van der Waals surface area contributed by atoms with Crippen LogP contribution in [0.25, 0.3) is 5.78 Å². The van der Waals surface area contributed by atoms with E-state index in [4.69, 9.17) is 4.74 Å². The maximum absolute atomic E-state index is 13.4. The van der Waals surface area contributed by atoms with Crippen LogP contribution < -0.4 is 0 Å². The highest BCUT2D eigenvalue weighted by Gasteiger charge is 2.45. The zero-order chi connectivity index (χ0) is 23.2. The number of carbonyl (C=O) groups is 1. The Morgan fingerprint density at radius 3 is 2.61 bits per heavy atom. The van der Waals surface area contributed by atoms with E-state index in [1.807, 2.05) is 0 Å². The molecule has 0 unspecified atom stereocenters. The van der Waals surface area contributed by atoms with Gasteiger partial charge in [0.15, 0.2) is 0 Å². The number of halogens is 3. The summed E-state index contributed by atoms with van der Waals surface area (Å²) in [5.74, 6) is 0.388. The number of amides is 1. The summed E-state index contributed by atoms with van der Waals surface area (Å²) in [7, 11) is 1.63. The van der Waals surface area contributed by atoms with Gasteiger partial charge in [-0.3, -0.25) is 4.79 Å². The Hall–Kier alpha value is -3.01. The van der Waals surface area contributed by atoms with Crippen molar-refractivity contribution in [3.8, 4) is 0 Å². The average Bonchev–Trinajstić information content (AvgIpc) is 3.49. The quantitative estimate of drug-likeness (QED) is 0.583. The van der Waals surface area contributed by atoms with Gasteiger partial charge in [0.1, 0.15) is 0 Å². The first kappa shape index (κ1) is 21.8. The highest BCUT2D eigenvalue weighted by Crippen LogP contribution is 2.48. The fourth-order valence-electron chi connectivity index (χ4n) is 5.23. The third-order valence-corrected chi connectivity index (χ3v) is 6.78. The van der Waals surface area contributed by atoms with E-state index in [2.05, 4.69) is 15.1 Å². The molecule has 33 heavy (non-hydrogen) atoms. The zero-order valence-corrected chi connectivity index (χ0v) is 18.1. The van der Waals surface area contributed by atoms with Crippen molar-refractivity contribution in [2.45, 2.75) is 31.4 Å². The van der Waals surface area contributed by atoms with Crippen LogP contribution in [-0.2, 0) is 17.3 Å². The summed E-state index contributed by atoms with van der Waals surface area (Å²) in [6, 6.07) is 5.84. The minimum absolute atomic E-state index is 0.0883. The van der Waals surface area contributed by atoms with Crippen LogP contribution in [0.3, 0.4) is 0 Å². The Bertz CT molecular complexity index is 1160. The van der Waals surface area contributed by atoms with Gasteiger partial charge in [-0.2, -0.15) is 18.2 Å². The molecule has 0 bridgehead atoms. The number of methoxy groups -OCH3 is 1. The van der Waals surface area contributed by atoms with E-state index in [0.717, 1.165) is 11.6 Å². The molecule has 1 aromatic carbocycles. The first-order chi connectivity index (χ1) is 15.8. The molecule has 10 heteroatoms. The number of likely N-dealkylation sites (tertiary alicyclic amines) is 1. The van der Waals surface area contributed by atoms with Crippen molar-refractivity contribution in [2.75, 3.05) is 26.8 Å². The average molecular weight is 459 g/mol. The number of carbonyl (C=O) groups excluding carboxylic acids is 1. The minimum atomic E-state index is -4.36. The van der Waals surface area contributed by atoms with Gasteiger partial charge in [-0.15, -0.1) is 5.10 Å². The Balaban J connectivity index is 1.27. The number of nitrogens with zero attached hydrogens (tertiary/aromatic N) is 5. The topological polar surface area (TPSA) is 72.6 Å². The van der Waals surface area contributed by atoms with E-state index >= 15 is 0 Å².